The van der Waals surface area contributed by atoms with Crippen LogP contribution in [0.15, 0.2) is 16.1 Å². The molecular formula is C17H31ClF2N2. The number of hydrogen-bond acceptors (Lipinski definition) is 2. The van der Waals surface area contributed by atoms with Gasteiger partial charge in [0.05, 0.1) is 11.7 Å². The van der Waals surface area contributed by atoms with Crippen LogP contribution in [0.25, 0.3) is 0 Å². The molecule has 0 spiro atoms. The maximum Gasteiger partial charge on any atom is 0.248 e. The van der Waals surface area contributed by atoms with E-state index in [9.17, 15) is 8.78 Å². The molecule has 0 heterocycles. The molecular weight excluding hydrogens is 306 g/mol. The smallest absolute Gasteiger partial charge is 0.248 e. The second-order valence-corrected chi connectivity index (χ2v) is 6.33. The first kappa shape index (κ1) is 21.5. The average molecular weight is 337 g/mol. The van der Waals surface area contributed by atoms with Crippen molar-refractivity contribution in [3.05, 3.63) is 11.1 Å². The summed E-state index contributed by atoms with van der Waals surface area (Å²) >= 11 is 5.81. The molecule has 0 saturated carbocycles. The molecule has 0 aromatic rings. The summed E-state index contributed by atoms with van der Waals surface area (Å²) in [5.41, 5.74) is 0. The summed E-state index contributed by atoms with van der Waals surface area (Å²) in [6.07, 6.45) is 6.38. The first-order chi connectivity index (χ1) is 10.4. The van der Waals surface area contributed by atoms with Gasteiger partial charge in [0.2, 0.25) is 5.92 Å². The van der Waals surface area contributed by atoms with Crippen molar-refractivity contribution in [1.82, 2.24) is 5.32 Å². The van der Waals surface area contributed by atoms with E-state index in [0.29, 0.717) is 18.2 Å². The Hall–Kier alpha value is -0.480. The quantitative estimate of drug-likeness (QED) is 0.363. The molecule has 0 aromatic heterocycles. The van der Waals surface area contributed by atoms with Gasteiger partial charge in [-0.1, -0.05) is 51.3 Å². The molecule has 1 N–H and O–H groups in total. The largest absolute Gasteiger partial charge is 0.298 e. The van der Waals surface area contributed by atoms with Crippen molar-refractivity contribution < 1.29 is 8.78 Å². The molecule has 1 unspecified atom stereocenters. The van der Waals surface area contributed by atoms with Crippen molar-refractivity contribution in [3.63, 3.8) is 0 Å². The zero-order chi connectivity index (χ0) is 17.0. The van der Waals surface area contributed by atoms with Gasteiger partial charge in [-0.15, -0.1) is 0 Å². The van der Waals surface area contributed by atoms with Crippen molar-refractivity contribution in [2.45, 2.75) is 65.7 Å². The Balaban J connectivity index is 4.36. The van der Waals surface area contributed by atoms with Gasteiger partial charge >= 0.3 is 0 Å². The summed E-state index contributed by atoms with van der Waals surface area (Å²) in [4.78, 5) is 4.16. The van der Waals surface area contributed by atoms with Crippen LogP contribution < -0.4 is 5.32 Å². The average Bonchev–Trinajstić information content (AvgIpc) is 2.49. The second-order valence-electron chi connectivity index (χ2n) is 5.89. The molecule has 0 bridgehead atoms. The lowest BCUT2D eigenvalue weighted by atomic mass is 9.84. The van der Waals surface area contributed by atoms with Crippen LogP contribution in [0.2, 0.25) is 0 Å². The molecule has 0 rings (SSSR count). The van der Waals surface area contributed by atoms with E-state index in [1.165, 1.54) is 0 Å². The highest BCUT2D eigenvalue weighted by atomic mass is 35.5. The fraction of sp³-hybridized carbons (Fsp3) is 0.824. The van der Waals surface area contributed by atoms with Crippen LogP contribution in [0.5, 0.6) is 0 Å². The monoisotopic (exact) mass is 336 g/mol. The van der Waals surface area contributed by atoms with Crippen LogP contribution in [-0.4, -0.2) is 25.4 Å². The van der Waals surface area contributed by atoms with Crippen molar-refractivity contribution in [2.75, 3.05) is 13.2 Å². The number of unbranched alkanes of at least 4 members (excludes halogenated alkanes) is 1. The summed E-state index contributed by atoms with van der Waals surface area (Å²) in [7, 11) is 0. The van der Waals surface area contributed by atoms with Crippen molar-refractivity contribution in [1.29, 1.82) is 0 Å². The Kier molecular flexibility index (Phi) is 11.7. The van der Waals surface area contributed by atoms with Crippen LogP contribution in [0.1, 0.15) is 59.8 Å². The summed E-state index contributed by atoms with van der Waals surface area (Å²) in [5, 5.41) is 3.83. The van der Waals surface area contributed by atoms with Gasteiger partial charge in [-0.25, -0.2) is 8.78 Å². The molecule has 0 aliphatic rings. The molecule has 0 radical (unpaired) electrons. The van der Waals surface area contributed by atoms with E-state index in [1.54, 1.807) is 19.2 Å². The molecule has 0 aromatic carbocycles. The van der Waals surface area contributed by atoms with Crippen molar-refractivity contribution in [2.24, 2.45) is 16.8 Å². The number of nitrogens with zero attached hydrogens (tertiary/aromatic N) is 1. The van der Waals surface area contributed by atoms with Gasteiger partial charge in [-0.3, -0.25) is 10.3 Å². The summed E-state index contributed by atoms with van der Waals surface area (Å²) in [6.45, 7) is 8.63. The normalized spacial score (nSPS) is 16.2. The zero-order valence-electron chi connectivity index (χ0n) is 14.3. The lowest BCUT2D eigenvalue weighted by Crippen LogP contribution is -2.31. The van der Waals surface area contributed by atoms with Gasteiger partial charge < -0.3 is 0 Å². The molecule has 0 amide bonds. The van der Waals surface area contributed by atoms with E-state index in [-0.39, 0.29) is 24.7 Å². The van der Waals surface area contributed by atoms with Gasteiger partial charge in [0.1, 0.15) is 0 Å². The molecule has 2 nitrogen and oxygen atoms in total. The zero-order valence-corrected chi connectivity index (χ0v) is 15.1. The Morgan fingerprint density at radius 2 is 2.05 bits per heavy atom. The number of allylic oxidation sites excluding steroid dienone is 2. The predicted octanol–water partition coefficient (Wildman–Crippen LogP) is 5.62. The van der Waals surface area contributed by atoms with Crippen molar-refractivity contribution >= 4 is 17.8 Å². The van der Waals surface area contributed by atoms with Gasteiger partial charge in [0.15, 0.2) is 0 Å². The maximum atomic E-state index is 13.6. The number of alkyl halides is 2. The summed E-state index contributed by atoms with van der Waals surface area (Å²) < 4.78 is 27.2. The minimum absolute atomic E-state index is 0.00268. The van der Waals surface area contributed by atoms with Gasteiger partial charge in [0.25, 0.3) is 0 Å². The van der Waals surface area contributed by atoms with Gasteiger partial charge in [-0.2, -0.15) is 0 Å². The lowest BCUT2D eigenvalue weighted by molar-refractivity contribution is -0.0320. The standard InChI is InChI=1S/C17H31ClF2N2/c1-5-8-9-15(14(4)10-17(19,20)7-3)11-21-13-22-12-16(18)6-2/h6,12,14-15,21H,5,7-11,13H2,1-4H3/b16-6+,22-12?/t14?,15-/m1/s1. The van der Waals surface area contributed by atoms with Crippen LogP contribution in [0, 0.1) is 11.8 Å². The number of rotatable bonds is 12. The summed E-state index contributed by atoms with van der Waals surface area (Å²) in [6, 6.07) is 0. The first-order valence-corrected chi connectivity index (χ1v) is 8.64. The minimum atomic E-state index is -2.55. The Morgan fingerprint density at radius 3 is 2.59 bits per heavy atom. The van der Waals surface area contributed by atoms with E-state index in [0.717, 1.165) is 19.3 Å². The highest BCUT2D eigenvalue weighted by Gasteiger charge is 2.31. The molecule has 0 aliphatic carbocycles. The first-order valence-electron chi connectivity index (χ1n) is 8.26. The highest BCUT2D eigenvalue weighted by Crippen LogP contribution is 2.32. The fourth-order valence-electron chi connectivity index (χ4n) is 2.36. The van der Waals surface area contributed by atoms with E-state index >= 15 is 0 Å². The summed E-state index contributed by atoms with van der Waals surface area (Å²) in [5.74, 6) is -2.30. The van der Waals surface area contributed by atoms with Gasteiger partial charge in [0, 0.05) is 19.1 Å². The SMILES string of the molecule is C/C=C(/Cl)C=NCNC[C@@H](CCCC)C(C)CC(F)(F)CC. The fourth-order valence-corrected chi connectivity index (χ4v) is 2.43. The highest BCUT2D eigenvalue weighted by molar-refractivity contribution is 6.39. The number of nitrogens with one attached hydrogen (secondary N) is 1. The van der Waals surface area contributed by atoms with E-state index in [2.05, 4.69) is 17.2 Å². The third-order valence-electron chi connectivity index (χ3n) is 3.97. The Bertz CT molecular complexity index is 344. The number of aliphatic imine (C=N–C) groups is 1. The molecule has 0 aliphatic heterocycles. The molecule has 0 fully saturated rings. The lowest BCUT2D eigenvalue weighted by Gasteiger charge is -2.27. The van der Waals surface area contributed by atoms with Gasteiger partial charge in [-0.05, 0) is 31.7 Å². The topological polar surface area (TPSA) is 24.4 Å². The minimum Gasteiger partial charge on any atom is -0.298 e. The molecule has 5 heteroatoms. The van der Waals surface area contributed by atoms with Crippen molar-refractivity contribution in [3.8, 4) is 0 Å². The molecule has 22 heavy (non-hydrogen) atoms. The van der Waals surface area contributed by atoms with E-state index in [4.69, 9.17) is 11.6 Å². The molecule has 2 atom stereocenters. The Labute approximate surface area is 139 Å². The number of halogens is 3. The predicted molar refractivity (Wildman–Crippen MR) is 93.0 cm³/mol. The molecule has 130 valence electrons. The van der Waals surface area contributed by atoms with Crippen LogP contribution in [-0.2, 0) is 0 Å². The second kappa shape index (κ2) is 12.0. The maximum absolute atomic E-state index is 13.6. The van der Waals surface area contributed by atoms with E-state index < -0.39 is 5.92 Å². The molecule has 0 saturated heterocycles. The van der Waals surface area contributed by atoms with E-state index in [1.807, 2.05) is 13.8 Å². The van der Waals surface area contributed by atoms with Crippen LogP contribution in [0.4, 0.5) is 8.78 Å². The van der Waals surface area contributed by atoms with Crippen LogP contribution in [0.3, 0.4) is 0 Å². The third-order valence-corrected chi connectivity index (χ3v) is 4.29. The Morgan fingerprint density at radius 1 is 1.36 bits per heavy atom. The van der Waals surface area contributed by atoms with Crippen LogP contribution >= 0.6 is 11.6 Å². The number of hydrogen-bond donors (Lipinski definition) is 1. The third kappa shape index (κ3) is 10.3.